The van der Waals surface area contributed by atoms with E-state index in [0.717, 1.165) is 22.2 Å². The van der Waals surface area contributed by atoms with Crippen molar-refractivity contribution in [2.75, 3.05) is 12.8 Å². The van der Waals surface area contributed by atoms with E-state index in [2.05, 4.69) is 21.9 Å². The Morgan fingerprint density at radius 2 is 2.11 bits per heavy atom. The van der Waals surface area contributed by atoms with E-state index in [0.29, 0.717) is 22.5 Å². The molecule has 28 heavy (non-hydrogen) atoms. The predicted molar refractivity (Wildman–Crippen MR) is 114 cm³/mol. The Morgan fingerprint density at radius 1 is 1.36 bits per heavy atom. The standard InChI is InChI=1S/C21H24N4O2S/c1-5-28(26,27)16-8-6-7-15(10-16)18(11-22)19-17-9-13(2)12-24-21(17)25-20(19)14(3)23-4/h6-12,23H,3,5,22H2,1-2,4H3,(H,24,25)/b18-11-. The van der Waals surface area contributed by atoms with Crippen molar-refractivity contribution < 1.29 is 8.42 Å². The minimum absolute atomic E-state index is 0.0378. The minimum Gasteiger partial charge on any atom is -0.404 e. The molecule has 4 N–H and O–H groups in total. The summed E-state index contributed by atoms with van der Waals surface area (Å²) in [7, 11) is -1.54. The van der Waals surface area contributed by atoms with Crippen molar-refractivity contribution in [2.45, 2.75) is 18.7 Å². The number of sulfone groups is 1. The quantitative estimate of drug-likeness (QED) is 0.594. The van der Waals surface area contributed by atoms with E-state index in [-0.39, 0.29) is 10.6 Å². The molecule has 0 spiro atoms. The Bertz CT molecular complexity index is 1190. The average molecular weight is 397 g/mol. The van der Waals surface area contributed by atoms with Crippen LogP contribution in [0.25, 0.3) is 22.3 Å². The third-order valence-corrected chi connectivity index (χ3v) is 6.44. The van der Waals surface area contributed by atoms with E-state index >= 15 is 0 Å². The van der Waals surface area contributed by atoms with Gasteiger partial charge in [0.05, 0.1) is 22.0 Å². The van der Waals surface area contributed by atoms with Gasteiger partial charge < -0.3 is 16.0 Å². The summed E-state index contributed by atoms with van der Waals surface area (Å²) < 4.78 is 24.7. The highest BCUT2D eigenvalue weighted by Gasteiger charge is 2.20. The number of aromatic amines is 1. The molecule has 0 radical (unpaired) electrons. The SMILES string of the molecule is C=C(NC)c1[nH]c2ncc(C)cc2c1/C(=C\N)c1cccc(S(=O)(=O)CC)c1. The minimum atomic E-state index is -3.33. The molecule has 0 atom stereocenters. The van der Waals surface area contributed by atoms with Gasteiger partial charge in [0.1, 0.15) is 5.65 Å². The number of nitrogens with zero attached hydrogens (tertiary/aromatic N) is 1. The first-order valence-electron chi connectivity index (χ1n) is 8.93. The lowest BCUT2D eigenvalue weighted by molar-refractivity contribution is 0.597. The molecule has 6 nitrogen and oxygen atoms in total. The topological polar surface area (TPSA) is 101 Å². The Hall–Kier alpha value is -3.06. The second-order valence-electron chi connectivity index (χ2n) is 6.52. The molecule has 0 saturated carbocycles. The zero-order chi connectivity index (χ0) is 20.5. The molecule has 7 heteroatoms. The van der Waals surface area contributed by atoms with Gasteiger partial charge >= 0.3 is 0 Å². The molecule has 0 saturated heterocycles. The van der Waals surface area contributed by atoms with Crippen LogP contribution < -0.4 is 11.1 Å². The molecular weight excluding hydrogens is 372 g/mol. The van der Waals surface area contributed by atoms with Gasteiger partial charge in [0.2, 0.25) is 0 Å². The van der Waals surface area contributed by atoms with Gasteiger partial charge in [-0.1, -0.05) is 25.6 Å². The smallest absolute Gasteiger partial charge is 0.178 e. The van der Waals surface area contributed by atoms with Gasteiger partial charge in [-0.3, -0.25) is 0 Å². The zero-order valence-electron chi connectivity index (χ0n) is 16.2. The zero-order valence-corrected chi connectivity index (χ0v) is 17.0. The van der Waals surface area contributed by atoms with Crippen molar-refractivity contribution in [3.05, 3.63) is 71.7 Å². The lowest BCUT2D eigenvalue weighted by Crippen LogP contribution is -2.07. The molecule has 0 aliphatic rings. The molecule has 3 rings (SSSR count). The van der Waals surface area contributed by atoms with Crippen molar-refractivity contribution >= 4 is 32.1 Å². The molecule has 0 aliphatic carbocycles. The third kappa shape index (κ3) is 3.41. The third-order valence-electron chi connectivity index (χ3n) is 4.71. The van der Waals surface area contributed by atoms with Crippen LogP contribution in [0.4, 0.5) is 0 Å². The lowest BCUT2D eigenvalue weighted by atomic mass is 9.95. The number of nitrogens with one attached hydrogen (secondary N) is 2. The molecular formula is C21H24N4O2S. The maximum Gasteiger partial charge on any atom is 0.178 e. The summed E-state index contributed by atoms with van der Waals surface area (Å²) in [4.78, 5) is 8.04. The van der Waals surface area contributed by atoms with Crippen molar-refractivity contribution in [3.8, 4) is 0 Å². The van der Waals surface area contributed by atoms with Crippen molar-refractivity contribution in [2.24, 2.45) is 5.73 Å². The highest BCUT2D eigenvalue weighted by Crippen LogP contribution is 2.35. The van der Waals surface area contributed by atoms with E-state index in [1.165, 1.54) is 6.20 Å². The summed E-state index contributed by atoms with van der Waals surface area (Å²) in [6.45, 7) is 7.67. The van der Waals surface area contributed by atoms with Crippen LogP contribution in [-0.4, -0.2) is 31.2 Å². The fraction of sp³-hybridized carbons (Fsp3) is 0.190. The molecule has 3 aromatic rings. The summed E-state index contributed by atoms with van der Waals surface area (Å²) in [5.74, 6) is 0.0378. The van der Waals surface area contributed by atoms with Crippen molar-refractivity contribution in [3.63, 3.8) is 0 Å². The van der Waals surface area contributed by atoms with E-state index in [1.807, 2.05) is 19.1 Å². The summed E-state index contributed by atoms with van der Waals surface area (Å²) in [6.07, 6.45) is 3.28. The van der Waals surface area contributed by atoms with Crippen LogP contribution in [0.3, 0.4) is 0 Å². The highest BCUT2D eigenvalue weighted by molar-refractivity contribution is 7.91. The van der Waals surface area contributed by atoms with Crippen LogP contribution in [0, 0.1) is 6.92 Å². The summed E-state index contributed by atoms with van der Waals surface area (Å²) in [5.41, 5.74) is 11.4. The Labute approximate surface area is 165 Å². The number of hydrogen-bond acceptors (Lipinski definition) is 5. The number of H-pyrrole nitrogens is 1. The van der Waals surface area contributed by atoms with Crippen molar-refractivity contribution in [1.82, 2.24) is 15.3 Å². The molecule has 2 heterocycles. The first-order valence-corrected chi connectivity index (χ1v) is 10.6. The molecule has 0 aliphatic heterocycles. The van der Waals surface area contributed by atoms with Gasteiger partial charge in [-0.25, -0.2) is 13.4 Å². The normalized spacial score (nSPS) is 12.3. The van der Waals surface area contributed by atoms with Crippen LogP contribution in [0.2, 0.25) is 0 Å². The largest absolute Gasteiger partial charge is 0.404 e. The predicted octanol–water partition coefficient (Wildman–Crippen LogP) is 3.20. The van der Waals surface area contributed by atoms with Gasteiger partial charge in [0, 0.05) is 36.0 Å². The molecule has 146 valence electrons. The van der Waals surface area contributed by atoms with E-state index in [1.54, 1.807) is 38.4 Å². The van der Waals surface area contributed by atoms with Crippen LogP contribution in [0.1, 0.15) is 29.3 Å². The van der Waals surface area contributed by atoms with Gasteiger partial charge in [-0.2, -0.15) is 0 Å². The summed E-state index contributed by atoms with van der Waals surface area (Å²) in [5, 5.41) is 3.95. The van der Waals surface area contributed by atoms with E-state index in [4.69, 9.17) is 5.73 Å². The maximum absolute atomic E-state index is 12.3. The van der Waals surface area contributed by atoms with Gasteiger partial charge in [0.25, 0.3) is 0 Å². The van der Waals surface area contributed by atoms with Crippen LogP contribution in [0.15, 0.2) is 54.2 Å². The lowest BCUT2D eigenvalue weighted by Gasteiger charge is -2.13. The Morgan fingerprint density at radius 3 is 2.75 bits per heavy atom. The van der Waals surface area contributed by atoms with E-state index < -0.39 is 9.84 Å². The number of fused-ring (bicyclic) bond motifs is 1. The van der Waals surface area contributed by atoms with Crippen LogP contribution in [-0.2, 0) is 9.84 Å². The summed E-state index contributed by atoms with van der Waals surface area (Å²) in [6, 6.07) is 8.86. The first kappa shape index (κ1) is 19.7. The number of rotatable bonds is 6. The van der Waals surface area contributed by atoms with Crippen LogP contribution in [0.5, 0.6) is 0 Å². The number of hydrogen-bond donors (Lipinski definition) is 3. The van der Waals surface area contributed by atoms with Gasteiger partial charge in [-0.05, 0) is 36.2 Å². The fourth-order valence-electron chi connectivity index (χ4n) is 3.15. The number of aryl methyl sites for hydroxylation is 1. The van der Waals surface area contributed by atoms with Gasteiger partial charge in [0.15, 0.2) is 9.84 Å². The monoisotopic (exact) mass is 396 g/mol. The van der Waals surface area contributed by atoms with Crippen molar-refractivity contribution in [1.29, 1.82) is 0 Å². The summed E-state index contributed by atoms with van der Waals surface area (Å²) >= 11 is 0. The van der Waals surface area contributed by atoms with Crippen LogP contribution >= 0.6 is 0 Å². The maximum atomic E-state index is 12.3. The molecule has 2 aromatic heterocycles. The number of pyridine rings is 1. The van der Waals surface area contributed by atoms with E-state index in [9.17, 15) is 8.42 Å². The number of nitrogens with two attached hydrogens (primary N) is 1. The Kier molecular flexibility index (Phi) is 5.29. The molecule has 0 amide bonds. The first-order chi connectivity index (χ1) is 13.3. The second-order valence-corrected chi connectivity index (χ2v) is 8.80. The number of aromatic nitrogens is 2. The highest BCUT2D eigenvalue weighted by atomic mass is 32.2. The molecule has 0 unspecified atom stereocenters. The molecule has 0 bridgehead atoms. The molecule has 1 aromatic carbocycles. The van der Waals surface area contributed by atoms with Gasteiger partial charge in [-0.15, -0.1) is 0 Å². The fourth-order valence-corrected chi connectivity index (χ4v) is 4.08. The second kappa shape index (κ2) is 7.52. The number of benzene rings is 1. The average Bonchev–Trinajstić information content (AvgIpc) is 3.07. The molecule has 0 fully saturated rings. The Balaban J connectivity index is 2.30.